The Morgan fingerprint density at radius 1 is 1.50 bits per heavy atom. The normalized spacial score (nSPS) is 22.9. The van der Waals surface area contributed by atoms with Gasteiger partial charge in [-0.1, -0.05) is 0 Å². The smallest absolute Gasteiger partial charge is 0.320 e. The molecule has 0 amide bonds. The highest BCUT2D eigenvalue weighted by Gasteiger charge is 2.22. The van der Waals surface area contributed by atoms with E-state index in [-0.39, 0.29) is 6.04 Å². The van der Waals surface area contributed by atoms with Crippen LogP contribution >= 0.6 is 0 Å². The molecule has 0 aromatic rings. The molecule has 1 heterocycles. The Kier molecular flexibility index (Phi) is 2.27. The lowest BCUT2D eigenvalue weighted by molar-refractivity contribution is -0.142. The second-order valence-electron chi connectivity index (χ2n) is 2.76. The number of likely N-dealkylation sites (tertiary alicyclic amines) is 1. The monoisotopic (exact) mass is 143 g/mol. The van der Waals surface area contributed by atoms with E-state index >= 15 is 0 Å². The molecule has 0 aromatic carbocycles. The van der Waals surface area contributed by atoms with Gasteiger partial charge in [0, 0.05) is 0 Å². The van der Waals surface area contributed by atoms with Crippen molar-refractivity contribution in [2.24, 2.45) is 0 Å². The van der Waals surface area contributed by atoms with Crippen LogP contribution in [-0.4, -0.2) is 35.1 Å². The van der Waals surface area contributed by atoms with Crippen LogP contribution in [-0.2, 0) is 4.79 Å². The summed E-state index contributed by atoms with van der Waals surface area (Å²) in [5, 5.41) is 8.60. The molecular weight excluding hydrogens is 130 g/mol. The van der Waals surface area contributed by atoms with Crippen LogP contribution in [0.4, 0.5) is 0 Å². The van der Waals surface area contributed by atoms with Gasteiger partial charge in [-0.2, -0.15) is 0 Å². The summed E-state index contributed by atoms with van der Waals surface area (Å²) in [4.78, 5) is 12.4. The van der Waals surface area contributed by atoms with Gasteiger partial charge in [0.05, 0.1) is 0 Å². The molecule has 0 bridgehead atoms. The SMILES string of the molecule is CC(C(=O)O)N1CCCC1. The summed E-state index contributed by atoms with van der Waals surface area (Å²) in [7, 11) is 0. The van der Waals surface area contributed by atoms with Crippen LogP contribution in [0.2, 0.25) is 0 Å². The largest absolute Gasteiger partial charge is 0.480 e. The number of nitrogens with zero attached hydrogens (tertiary/aromatic N) is 1. The average molecular weight is 143 g/mol. The van der Waals surface area contributed by atoms with Gasteiger partial charge in [-0.15, -0.1) is 0 Å². The highest BCUT2D eigenvalue weighted by Crippen LogP contribution is 2.10. The van der Waals surface area contributed by atoms with E-state index in [1.807, 2.05) is 4.90 Å². The predicted molar refractivity (Wildman–Crippen MR) is 37.9 cm³/mol. The van der Waals surface area contributed by atoms with E-state index in [0.717, 1.165) is 25.9 Å². The molecule has 0 aromatic heterocycles. The summed E-state index contributed by atoms with van der Waals surface area (Å²) in [6.45, 7) is 3.65. The Morgan fingerprint density at radius 3 is 2.40 bits per heavy atom. The number of aliphatic carboxylic acids is 1. The van der Waals surface area contributed by atoms with Crippen molar-refractivity contribution in [1.82, 2.24) is 4.90 Å². The summed E-state index contributed by atoms with van der Waals surface area (Å²) in [5.74, 6) is -0.707. The van der Waals surface area contributed by atoms with E-state index in [0.29, 0.717) is 0 Å². The molecule has 1 atom stereocenters. The highest BCUT2D eigenvalue weighted by atomic mass is 16.4. The van der Waals surface area contributed by atoms with Crippen LogP contribution < -0.4 is 0 Å². The van der Waals surface area contributed by atoms with Gasteiger partial charge in [-0.25, -0.2) is 0 Å². The number of hydrogen-bond donors (Lipinski definition) is 1. The van der Waals surface area contributed by atoms with Crippen molar-refractivity contribution >= 4 is 5.97 Å². The minimum atomic E-state index is -0.707. The van der Waals surface area contributed by atoms with Gasteiger partial charge in [0.1, 0.15) is 6.04 Å². The molecule has 0 saturated carbocycles. The summed E-state index contributed by atoms with van der Waals surface area (Å²) >= 11 is 0. The van der Waals surface area contributed by atoms with Crippen LogP contribution in [0.15, 0.2) is 0 Å². The van der Waals surface area contributed by atoms with Crippen LogP contribution in [0.3, 0.4) is 0 Å². The number of carbonyl (C=O) groups is 1. The first kappa shape index (κ1) is 7.54. The van der Waals surface area contributed by atoms with Crippen molar-refractivity contribution in [2.75, 3.05) is 13.1 Å². The molecule has 1 fully saturated rings. The summed E-state index contributed by atoms with van der Waals surface area (Å²) in [6.07, 6.45) is 2.30. The quantitative estimate of drug-likeness (QED) is 0.614. The molecule has 1 N–H and O–H groups in total. The lowest BCUT2D eigenvalue weighted by Gasteiger charge is -2.18. The molecule has 3 heteroatoms. The molecule has 1 rings (SSSR count). The van der Waals surface area contributed by atoms with Gasteiger partial charge in [-0.3, -0.25) is 9.69 Å². The van der Waals surface area contributed by atoms with Crippen molar-refractivity contribution in [3.05, 3.63) is 0 Å². The fraction of sp³-hybridized carbons (Fsp3) is 0.857. The zero-order chi connectivity index (χ0) is 7.56. The van der Waals surface area contributed by atoms with E-state index in [4.69, 9.17) is 5.11 Å². The van der Waals surface area contributed by atoms with Gasteiger partial charge < -0.3 is 5.11 Å². The average Bonchev–Trinajstić information content (AvgIpc) is 2.36. The van der Waals surface area contributed by atoms with Gasteiger partial charge in [0.2, 0.25) is 0 Å². The number of rotatable bonds is 2. The van der Waals surface area contributed by atoms with Crippen molar-refractivity contribution in [3.63, 3.8) is 0 Å². The Labute approximate surface area is 60.6 Å². The number of carboxylic acids is 1. The first-order valence-electron chi connectivity index (χ1n) is 3.68. The molecule has 1 saturated heterocycles. The molecule has 0 spiro atoms. The van der Waals surface area contributed by atoms with Gasteiger partial charge in [0.25, 0.3) is 0 Å². The maximum atomic E-state index is 10.4. The highest BCUT2D eigenvalue weighted by molar-refractivity contribution is 5.72. The third-order valence-corrected chi connectivity index (χ3v) is 2.05. The Morgan fingerprint density at radius 2 is 2.00 bits per heavy atom. The van der Waals surface area contributed by atoms with Crippen LogP contribution in [0.25, 0.3) is 0 Å². The fourth-order valence-corrected chi connectivity index (χ4v) is 1.29. The van der Waals surface area contributed by atoms with Gasteiger partial charge >= 0.3 is 5.97 Å². The molecule has 3 nitrogen and oxygen atoms in total. The molecule has 58 valence electrons. The zero-order valence-corrected chi connectivity index (χ0v) is 6.21. The van der Waals surface area contributed by atoms with E-state index in [9.17, 15) is 4.79 Å². The zero-order valence-electron chi connectivity index (χ0n) is 6.21. The minimum Gasteiger partial charge on any atom is -0.480 e. The first-order chi connectivity index (χ1) is 4.72. The topological polar surface area (TPSA) is 40.5 Å². The molecular formula is C7H13NO2. The van der Waals surface area contributed by atoms with Crippen molar-refractivity contribution in [2.45, 2.75) is 25.8 Å². The Bertz CT molecular complexity index is 130. The van der Waals surface area contributed by atoms with Crippen LogP contribution in [0, 0.1) is 0 Å². The third-order valence-electron chi connectivity index (χ3n) is 2.05. The second kappa shape index (κ2) is 3.01. The summed E-state index contributed by atoms with van der Waals surface area (Å²) in [5.41, 5.74) is 0. The molecule has 0 radical (unpaired) electrons. The molecule has 1 unspecified atom stereocenters. The van der Waals surface area contributed by atoms with Gasteiger partial charge in [0.15, 0.2) is 0 Å². The molecule has 0 aliphatic carbocycles. The lowest BCUT2D eigenvalue weighted by atomic mass is 10.3. The minimum absolute atomic E-state index is 0.289. The molecule has 1 aliphatic rings. The van der Waals surface area contributed by atoms with Crippen molar-refractivity contribution < 1.29 is 9.90 Å². The van der Waals surface area contributed by atoms with Crippen LogP contribution in [0.5, 0.6) is 0 Å². The van der Waals surface area contributed by atoms with E-state index in [1.165, 1.54) is 0 Å². The maximum Gasteiger partial charge on any atom is 0.320 e. The maximum absolute atomic E-state index is 10.4. The lowest BCUT2D eigenvalue weighted by Crippen LogP contribution is -2.36. The van der Waals surface area contributed by atoms with Crippen molar-refractivity contribution in [3.8, 4) is 0 Å². The third kappa shape index (κ3) is 1.48. The van der Waals surface area contributed by atoms with E-state index < -0.39 is 5.97 Å². The van der Waals surface area contributed by atoms with E-state index in [2.05, 4.69) is 0 Å². The fourth-order valence-electron chi connectivity index (χ4n) is 1.29. The Hall–Kier alpha value is -0.570. The van der Waals surface area contributed by atoms with Crippen LogP contribution in [0.1, 0.15) is 19.8 Å². The predicted octanol–water partition coefficient (Wildman–Crippen LogP) is 0.555. The standard InChI is InChI=1S/C7H13NO2/c1-6(7(9)10)8-4-2-3-5-8/h6H,2-5H2,1H3,(H,9,10). The molecule has 1 aliphatic heterocycles. The second-order valence-corrected chi connectivity index (χ2v) is 2.76. The number of hydrogen-bond acceptors (Lipinski definition) is 2. The molecule has 10 heavy (non-hydrogen) atoms. The summed E-state index contributed by atoms with van der Waals surface area (Å²) in [6, 6.07) is -0.289. The van der Waals surface area contributed by atoms with Gasteiger partial charge in [-0.05, 0) is 32.9 Å². The first-order valence-corrected chi connectivity index (χ1v) is 3.68. The number of carboxylic acid groups (broad SMARTS) is 1. The Balaban J connectivity index is 2.39. The summed E-state index contributed by atoms with van der Waals surface area (Å²) < 4.78 is 0. The van der Waals surface area contributed by atoms with Crippen molar-refractivity contribution in [1.29, 1.82) is 0 Å². The van der Waals surface area contributed by atoms with E-state index in [1.54, 1.807) is 6.92 Å².